The fourth-order valence-corrected chi connectivity index (χ4v) is 1.09. The van der Waals surface area contributed by atoms with E-state index in [0.717, 1.165) is 0 Å². The minimum atomic E-state index is -0.336. The number of carbonyl (C=O) groups excluding carboxylic acids is 1. The molecule has 1 N–H and O–H groups in total. The lowest BCUT2D eigenvalue weighted by atomic mass is 10.2. The molecule has 0 aliphatic heterocycles. The molecule has 0 aliphatic carbocycles. The fraction of sp³-hybridized carbons (Fsp3) is 0.0833. The predicted octanol–water partition coefficient (Wildman–Crippen LogP) is 2.71. The quantitative estimate of drug-likeness (QED) is 0.805. The van der Waals surface area contributed by atoms with Gasteiger partial charge < -0.3 is 5.32 Å². The van der Waals surface area contributed by atoms with E-state index in [2.05, 4.69) is 11.9 Å². The number of hydrogen-bond acceptors (Lipinski definition) is 1. The zero-order valence-corrected chi connectivity index (χ0v) is 9.30. The monoisotopic (exact) mass is 239 g/mol. The number of hydrogen-bond donors (Lipinski definition) is 1. The molecule has 0 atom stereocenters. The third-order valence-electron chi connectivity index (χ3n) is 1.73. The van der Waals surface area contributed by atoms with E-state index in [1.807, 2.05) is 0 Å². The molecule has 0 radical (unpaired) electrons. The van der Waals surface area contributed by atoms with E-state index < -0.39 is 0 Å². The van der Waals surface area contributed by atoms with Gasteiger partial charge in [-0.3, -0.25) is 4.79 Å². The van der Waals surface area contributed by atoms with Gasteiger partial charge in [-0.2, -0.15) is 0 Å². The Hall–Kier alpha value is -1.61. The molecule has 0 fully saturated rings. The van der Waals surface area contributed by atoms with E-state index in [1.165, 1.54) is 24.3 Å². The Bertz CT molecular complexity index is 429. The SMILES string of the molecule is C=C(Cl)CNC(=O)/C=C/c1cccc(F)c1. The number of nitrogens with one attached hydrogen (secondary N) is 1. The van der Waals surface area contributed by atoms with Crippen molar-refractivity contribution in [3.63, 3.8) is 0 Å². The number of amides is 1. The van der Waals surface area contributed by atoms with E-state index >= 15 is 0 Å². The van der Waals surface area contributed by atoms with Gasteiger partial charge in [-0.1, -0.05) is 30.3 Å². The molecular formula is C12H11ClFNO. The molecule has 16 heavy (non-hydrogen) atoms. The topological polar surface area (TPSA) is 29.1 Å². The van der Waals surface area contributed by atoms with Gasteiger partial charge in [0.15, 0.2) is 0 Å². The Kier molecular flexibility index (Phi) is 4.73. The van der Waals surface area contributed by atoms with E-state index in [4.69, 9.17) is 11.6 Å². The van der Waals surface area contributed by atoms with Crippen LogP contribution in [0.15, 0.2) is 42.0 Å². The van der Waals surface area contributed by atoms with E-state index in [9.17, 15) is 9.18 Å². The van der Waals surface area contributed by atoms with Crippen LogP contribution < -0.4 is 5.32 Å². The zero-order chi connectivity index (χ0) is 12.0. The summed E-state index contributed by atoms with van der Waals surface area (Å²) in [7, 11) is 0. The molecule has 0 unspecified atom stereocenters. The lowest BCUT2D eigenvalue weighted by Gasteiger charge is -1.98. The molecule has 0 aromatic heterocycles. The third-order valence-corrected chi connectivity index (χ3v) is 1.86. The number of rotatable bonds is 4. The van der Waals surface area contributed by atoms with E-state index in [-0.39, 0.29) is 18.3 Å². The maximum Gasteiger partial charge on any atom is 0.244 e. The summed E-state index contributed by atoms with van der Waals surface area (Å²) in [4.78, 5) is 11.2. The van der Waals surface area contributed by atoms with Crippen LogP contribution in [0.4, 0.5) is 4.39 Å². The van der Waals surface area contributed by atoms with Gasteiger partial charge in [-0.15, -0.1) is 0 Å². The van der Waals surface area contributed by atoms with Crippen molar-refractivity contribution in [2.24, 2.45) is 0 Å². The summed E-state index contributed by atoms with van der Waals surface area (Å²) in [5.41, 5.74) is 0.625. The van der Waals surface area contributed by atoms with Crippen molar-refractivity contribution in [2.45, 2.75) is 0 Å². The molecule has 0 saturated heterocycles. The molecule has 1 aromatic carbocycles. The van der Waals surface area contributed by atoms with Crippen LogP contribution in [0.25, 0.3) is 6.08 Å². The van der Waals surface area contributed by atoms with Crippen LogP contribution >= 0.6 is 11.6 Å². The maximum absolute atomic E-state index is 12.8. The van der Waals surface area contributed by atoms with E-state index in [1.54, 1.807) is 12.1 Å². The van der Waals surface area contributed by atoms with Crippen molar-refractivity contribution in [2.75, 3.05) is 6.54 Å². The highest BCUT2D eigenvalue weighted by molar-refractivity contribution is 6.29. The molecule has 1 aromatic rings. The molecule has 4 heteroatoms. The molecule has 0 heterocycles. The summed E-state index contributed by atoms with van der Waals surface area (Å²) in [6.07, 6.45) is 2.84. The average Bonchev–Trinajstić information content (AvgIpc) is 2.23. The van der Waals surface area contributed by atoms with Crippen LogP contribution in [0.3, 0.4) is 0 Å². The van der Waals surface area contributed by atoms with Gasteiger partial charge in [0, 0.05) is 11.1 Å². The first-order valence-corrected chi connectivity index (χ1v) is 5.00. The van der Waals surface area contributed by atoms with Gasteiger partial charge in [0.2, 0.25) is 5.91 Å². The minimum absolute atomic E-state index is 0.216. The van der Waals surface area contributed by atoms with Gasteiger partial charge in [0.25, 0.3) is 0 Å². The van der Waals surface area contributed by atoms with Crippen LogP contribution in [0.5, 0.6) is 0 Å². The van der Waals surface area contributed by atoms with Crippen molar-refractivity contribution in [3.05, 3.63) is 53.3 Å². The molecule has 1 rings (SSSR count). The van der Waals surface area contributed by atoms with Crippen LogP contribution in [0, 0.1) is 5.82 Å². The molecule has 0 spiro atoms. The van der Waals surface area contributed by atoms with Crippen molar-refractivity contribution in [1.29, 1.82) is 0 Å². The molecular weight excluding hydrogens is 229 g/mol. The molecule has 0 saturated carbocycles. The molecule has 1 amide bonds. The Labute approximate surface area is 98.4 Å². The van der Waals surface area contributed by atoms with Crippen molar-refractivity contribution in [1.82, 2.24) is 5.32 Å². The largest absolute Gasteiger partial charge is 0.348 e. The van der Waals surface area contributed by atoms with Gasteiger partial charge in [-0.25, -0.2) is 4.39 Å². The highest BCUT2D eigenvalue weighted by Crippen LogP contribution is 2.05. The Morgan fingerprint density at radius 2 is 2.31 bits per heavy atom. The standard InChI is InChI=1S/C12H11ClFNO/c1-9(13)8-15-12(16)6-5-10-3-2-4-11(14)7-10/h2-7H,1,8H2,(H,15,16)/b6-5+. The number of carbonyl (C=O) groups is 1. The Balaban J connectivity index is 2.53. The summed E-state index contributed by atoms with van der Waals surface area (Å²) in [6, 6.07) is 5.96. The summed E-state index contributed by atoms with van der Waals surface area (Å²) in [5.74, 6) is -0.636. The number of halogens is 2. The predicted molar refractivity (Wildman–Crippen MR) is 63.4 cm³/mol. The van der Waals surface area contributed by atoms with Crippen molar-refractivity contribution < 1.29 is 9.18 Å². The zero-order valence-electron chi connectivity index (χ0n) is 8.54. The van der Waals surface area contributed by atoms with Gasteiger partial charge in [0.1, 0.15) is 5.82 Å². The minimum Gasteiger partial charge on any atom is -0.348 e. The average molecular weight is 240 g/mol. The van der Waals surface area contributed by atoms with Crippen LogP contribution in [0.2, 0.25) is 0 Å². The first kappa shape index (κ1) is 12.5. The van der Waals surface area contributed by atoms with E-state index in [0.29, 0.717) is 10.6 Å². The van der Waals surface area contributed by atoms with Gasteiger partial charge >= 0.3 is 0 Å². The lowest BCUT2D eigenvalue weighted by molar-refractivity contribution is -0.116. The second-order valence-electron chi connectivity index (χ2n) is 3.12. The van der Waals surface area contributed by atoms with Crippen LogP contribution in [-0.2, 0) is 4.79 Å². The summed E-state index contributed by atoms with van der Waals surface area (Å²) >= 11 is 5.48. The van der Waals surface area contributed by atoms with Crippen LogP contribution in [0.1, 0.15) is 5.56 Å². The first-order valence-electron chi connectivity index (χ1n) is 4.62. The van der Waals surface area contributed by atoms with Crippen LogP contribution in [-0.4, -0.2) is 12.5 Å². The van der Waals surface area contributed by atoms with Crippen molar-refractivity contribution >= 4 is 23.6 Å². The number of benzene rings is 1. The highest BCUT2D eigenvalue weighted by atomic mass is 35.5. The molecule has 84 valence electrons. The second-order valence-corrected chi connectivity index (χ2v) is 3.66. The highest BCUT2D eigenvalue weighted by Gasteiger charge is 1.95. The maximum atomic E-state index is 12.8. The molecule has 2 nitrogen and oxygen atoms in total. The lowest BCUT2D eigenvalue weighted by Crippen LogP contribution is -2.21. The fourth-order valence-electron chi connectivity index (χ4n) is 1.02. The van der Waals surface area contributed by atoms with Crippen molar-refractivity contribution in [3.8, 4) is 0 Å². The molecule has 0 bridgehead atoms. The first-order chi connectivity index (χ1) is 7.58. The second kappa shape index (κ2) is 6.08. The van der Waals surface area contributed by atoms with Gasteiger partial charge in [-0.05, 0) is 23.8 Å². The molecule has 0 aliphatic rings. The Morgan fingerprint density at radius 3 is 2.94 bits per heavy atom. The summed E-state index contributed by atoms with van der Waals surface area (Å²) in [5, 5.41) is 2.87. The normalized spacial score (nSPS) is 10.4. The smallest absolute Gasteiger partial charge is 0.244 e. The Morgan fingerprint density at radius 1 is 1.56 bits per heavy atom. The van der Waals surface area contributed by atoms with Gasteiger partial charge in [0.05, 0.1) is 6.54 Å². The third kappa shape index (κ3) is 4.75. The summed E-state index contributed by atoms with van der Waals surface area (Å²) in [6.45, 7) is 3.65. The summed E-state index contributed by atoms with van der Waals surface area (Å²) < 4.78 is 12.8.